The van der Waals surface area contributed by atoms with Gasteiger partial charge in [-0.3, -0.25) is 4.18 Å². The lowest BCUT2D eigenvalue weighted by Gasteiger charge is -2.38. The first-order valence-corrected chi connectivity index (χ1v) is 14.1. The van der Waals surface area contributed by atoms with E-state index in [0.29, 0.717) is 13.0 Å². The van der Waals surface area contributed by atoms with Crippen molar-refractivity contribution in [1.82, 2.24) is 4.81 Å². The molecule has 2 atom stereocenters. The number of benzene rings is 1. The molecule has 6 nitrogen and oxygen atoms in total. The molecule has 2 rings (SSSR count). The first-order valence-electron chi connectivity index (χ1n) is 9.81. The molecular formula is C19H34BNO5SSi. The highest BCUT2D eigenvalue weighted by molar-refractivity contribution is 7.86. The van der Waals surface area contributed by atoms with Gasteiger partial charge >= 0.3 is 7.05 Å². The number of aryl methyl sites for hydroxylation is 1. The molecule has 1 heterocycles. The van der Waals surface area contributed by atoms with Crippen LogP contribution in [0.5, 0.6) is 0 Å². The lowest BCUT2D eigenvalue weighted by atomic mass is 9.84. The summed E-state index contributed by atoms with van der Waals surface area (Å²) in [5.74, 6) is 0. The average Bonchev–Trinajstić information content (AvgIpc) is 2.95. The van der Waals surface area contributed by atoms with Gasteiger partial charge in [-0.1, -0.05) is 38.5 Å². The minimum atomic E-state index is -3.83. The zero-order valence-corrected chi connectivity index (χ0v) is 19.9. The highest BCUT2D eigenvalue weighted by atomic mass is 32.2. The lowest BCUT2D eigenvalue weighted by molar-refractivity contribution is 0.190. The quantitative estimate of drug-likeness (QED) is 0.532. The van der Waals surface area contributed by atoms with Crippen LogP contribution in [0, 0.1) is 6.92 Å². The summed E-state index contributed by atoms with van der Waals surface area (Å²) in [5, 5.41) is 10.2. The molecule has 0 saturated carbocycles. The molecule has 1 aromatic rings. The predicted molar refractivity (Wildman–Crippen MR) is 115 cm³/mol. The second-order valence-corrected chi connectivity index (χ2v) is 15.6. The van der Waals surface area contributed by atoms with Crippen molar-refractivity contribution >= 4 is 25.5 Å². The largest absolute Gasteiger partial charge is 0.437 e. The van der Waals surface area contributed by atoms with Crippen LogP contribution < -0.4 is 0 Å². The van der Waals surface area contributed by atoms with Gasteiger partial charge in [0.15, 0.2) is 8.32 Å². The van der Waals surface area contributed by atoms with Crippen molar-refractivity contribution in [2.45, 2.75) is 76.1 Å². The van der Waals surface area contributed by atoms with Gasteiger partial charge in [0, 0.05) is 12.6 Å². The van der Waals surface area contributed by atoms with Crippen LogP contribution >= 0.6 is 0 Å². The zero-order chi connectivity index (χ0) is 21.3. The summed E-state index contributed by atoms with van der Waals surface area (Å²) in [7, 11) is -6.47. The maximum absolute atomic E-state index is 12.5. The summed E-state index contributed by atoms with van der Waals surface area (Å²) in [6.07, 6.45) is 0.604. The van der Waals surface area contributed by atoms with E-state index >= 15 is 0 Å². The normalized spacial score (nSPS) is 21.9. The monoisotopic (exact) mass is 427 g/mol. The van der Waals surface area contributed by atoms with E-state index in [4.69, 9.17) is 8.61 Å². The summed E-state index contributed by atoms with van der Waals surface area (Å²) in [6, 6.07) is 6.38. The molecule has 0 aliphatic carbocycles. The molecule has 0 spiro atoms. The van der Waals surface area contributed by atoms with Gasteiger partial charge in [-0.05, 0) is 50.4 Å². The number of hydrogen-bond donors (Lipinski definition) is 1. The fraction of sp³-hybridized carbons (Fsp3) is 0.684. The summed E-state index contributed by atoms with van der Waals surface area (Å²) < 4.78 is 36.8. The van der Waals surface area contributed by atoms with Gasteiger partial charge in [0.2, 0.25) is 0 Å². The Morgan fingerprint density at radius 2 is 1.82 bits per heavy atom. The Bertz CT molecular complexity index is 762. The first-order chi connectivity index (χ1) is 12.7. The second kappa shape index (κ2) is 8.57. The van der Waals surface area contributed by atoms with Crippen LogP contribution in [0.25, 0.3) is 0 Å². The summed E-state index contributed by atoms with van der Waals surface area (Å²) in [6.45, 7) is 15.1. The Hall–Kier alpha value is -0.708. The first kappa shape index (κ1) is 23.6. The topological polar surface area (TPSA) is 76.1 Å². The van der Waals surface area contributed by atoms with E-state index in [2.05, 4.69) is 33.9 Å². The fourth-order valence-corrected chi connectivity index (χ4v) is 5.44. The molecule has 0 bridgehead atoms. The highest BCUT2D eigenvalue weighted by Crippen LogP contribution is 2.39. The van der Waals surface area contributed by atoms with E-state index in [9.17, 15) is 13.4 Å². The van der Waals surface area contributed by atoms with Gasteiger partial charge in [-0.15, -0.1) is 0 Å². The smallest absolute Gasteiger partial charge is 0.376 e. The lowest BCUT2D eigenvalue weighted by Crippen LogP contribution is -2.46. The second-order valence-electron chi connectivity index (χ2n) is 9.27. The minimum Gasteiger partial charge on any atom is -0.437 e. The molecule has 1 aliphatic rings. The molecule has 0 unspecified atom stereocenters. The van der Waals surface area contributed by atoms with E-state index in [1.807, 2.05) is 11.7 Å². The van der Waals surface area contributed by atoms with Crippen LogP contribution in [0.4, 0.5) is 0 Å². The van der Waals surface area contributed by atoms with Gasteiger partial charge in [0.25, 0.3) is 10.1 Å². The fourth-order valence-electron chi connectivity index (χ4n) is 3.14. The van der Waals surface area contributed by atoms with Crippen molar-refractivity contribution in [1.29, 1.82) is 0 Å². The molecule has 9 heteroatoms. The third-order valence-electron chi connectivity index (χ3n) is 5.89. The van der Waals surface area contributed by atoms with Crippen LogP contribution in [-0.4, -0.2) is 58.9 Å². The van der Waals surface area contributed by atoms with Crippen molar-refractivity contribution < 1.29 is 22.1 Å². The molecule has 1 aliphatic heterocycles. The summed E-state index contributed by atoms with van der Waals surface area (Å²) in [4.78, 5) is 2.01. The van der Waals surface area contributed by atoms with E-state index < -0.39 is 25.5 Å². The summed E-state index contributed by atoms with van der Waals surface area (Å²) >= 11 is 0. The Morgan fingerprint density at radius 1 is 1.25 bits per heavy atom. The molecule has 158 valence electrons. The minimum absolute atomic E-state index is 0.00152. The third kappa shape index (κ3) is 5.67. The van der Waals surface area contributed by atoms with Gasteiger partial charge in [-0.2, -0.15) is 8.42 Å². The van der Waals surface area contributed by atoms with Crippen molar-refractivity contribution in [2.24, 2.45) is 0 Å². The standard InChI is InChI=1S/C19H34BNO5SSi/c1-15-8-10-18(11-9-15)27(23,24)25-14-16-12-17(13-21(16)20(5)22)26-28(6,7)19(2,3)4/h8-11,16-17,22H,12-14H2,1-7H3/t16-,17+/m0/s1. The molecule has 0 aromatic heterocycles. The SMILES string of the molecule is CB(O)N1C[C@H](O[Si](C)(C)C(C)(C)C)C[C@H]1COS(=O)(=O)c1ccc(C)cc1. The molecule has 28 heavy (non-hydrogen) atoms. The number of nitrogens with zero attached hydrogens (tertiary/aromatic N) is 1. The van der Waals surface area contributed by atoms with Gasteiger partial charge in [0.1, 0.15) is 0 Å². The van der Waals surface area contributed by atoms with Gasteiger partial charge < -0.3 is 14.3 Å². The van der Waals surface area contributed by atoms with Gasteiger partial charge in [-0.25, -0.2) is 0 Å². The molecule has 1 aromatic carbocycles. The van der Waals surface area contributed by atoms with E-state index in [0.717, 1.165) is 5.56 Å². The molecule has 1 fully saturated rings. The zero-order valence-electron chi connectivity index (χ0n) is 18.1. The number of rotatable bonds is 7. The maximum atomic E-state index is 12.5. The molecule has 0 amide bonds. The van der Waals surface area contributed by atoms with Crippen LogP contribution in [0.1, 0.15) is 32.8 Å². The van der Waals surface area contributed by atoms with E-state index in [1.54, 1.807) is 31.1 Å². The van der Waals surface area contributed by atoms with Crippen molar-refractivity contribution in [2.75, 3.05) is 13.2 Å². The maximum Gasteiger partial charge on any atom is 0.376 e. The van der Waals surface area contributed by atoms with Crippen molar-refractivity contribution in [3.8, 4) is 0 Å². The average molecular weight is 427 g/mol. The highest BCUT2D eigenvalue weighted by Gasteiger charge is 2.44. The van der Waals surface area contributed by atoms with Crippen molar-refractivity contribution in [3.05, 3.63) is 29.8 Å². The van der Waals surface area contributed by atoms with Crippen LogP contribution in [0.15, 0.2) is 29.2 Å². The van der Waals surface area contributed by atoms with Crippen LogP contribution in [0.2, 0.25) is 25.0 Å². The molecule has 1 N–H and O–H groups in total. The Labute approximate surface area is 171 Å². The Morgan fingerprint density at radius 3 is 2.32 bits per heavy atom. The van der Waals surface area contributed by atoms with Crippen LogP contribution in [0.3, 0.4) is 0 Å². The van der Waals surface area contributed by atoms with Crippen LogP contribution in [-0.2, 0) is 18.7 Å². The third-order valence-corrected chi connectivity index (χ3v) is 11.7. The Balaban J connectivity index is 2.06. The summed E-state index contributed by atoms with van der Waals surface area (Å²) in [5.41, 5.74) is 0.987. The van der Waals surface area contributed by atoms with Gasteiger partial charge in [0.05, 0.1) is 17.6 Å². The van der Waals surface area contributed by atoms with E-state index in [-0.39, 0.29) is 28.7 Å². The van der Waals surface area contributed by atoms with E-state index in [1.165, 1.54) is 0 Å². The molecule has 1 saturated heterocycles. The predicted octanol–water partition coefficient (Wildman–Crippen LogP) is 3.28. The molecular weight excluding hydrogens is 393 g/mol. The van der Waals surface area contributed by atoms with Crippen molar-refractivity contribution in [3.63, 3.8) is 0 Å². The Kier molecular flexibility index (Phi) is 7.22. The molecule has 0 radical (unpaired) electrons. The number of hydrogen-bond acceptors (Lipinski definition) is 6.